The molecule has 0 fully saturated rings. The maximum atomic E-state index is 12.2. The third-order valence-electron chi connectivity index (χ3n) is 2.91. The fourth-order valence-corrected chi connectivity index (χ4v) is 6.87. The van der Waals surface area contributed by atoms with Gasteiger partial charge in [-0.2, -0.15) is 0 Å². The molecule has 0 aliphatic carbocycles. The zero-order valence-corrected chi connectivity index (χ0v) is 15.5. The number of benzene rings is 2. The molecule has 2 aromatic carbocycles. The second-order valence-electron chi connectivity index (χ2n) is 4.51. The Hall–Kier alpha value is -2.42. The summed E-state index contributed by atoms with van der Waals surface area (Å²) in [5.41, 5.74) is -0.961. The summed E-state index contributed by atoms with van der Waals surface area (Å²) < 4.78 is 29.2. The van der Waals surface area contributed by atoms with Gasteiger partial charge >= 0.3 is 149 Å². The number of carboxylic acid groups (broad SMARTS) is 2. The summed E-state index contributed by atoms with van der Waals surface area (Å²) in [6, 6.07) is 6.32. The van der Waals surface area contributed by atoms with Crippen molar-refractivity contribution in [1.29, 1.82) is 0 Å². The van der Waals surface area contributed by atoms with Gasteiger partial charge in [0.2, 0.25) is 0 Å². The Bertz CT molecular complexity index is 834. The average Bonchev–Trinajstić information content (AvgIpc) is 2.54. The Morgan fingerprint density at radius 3 is 1.44 bits per heavy atom. The van der Waals surface area contributed by atoms with Crippen LogP contribution in [0.15, 0.2) is 36.4 Å². The van der Waals surface area contributed by atoms with Crippen LogP contribution in [0.1, 0.15) is 20.7 Å². The van der Waals surface area contributed by atoms with Crippen LogP contribution < -0.4 is 8.92 Å². The molecular formula is C14H10O9Se2. The fourth-order valence-electron chi connectivity index (χ4n) is 1.71. The van der Waals surface area contributed by atoms with Gasteiger partial charge in [-0.25, -0.2) is 0 Å². The molecule has 0 heterocycles. The van der Waals surface area contributed by atoms with Gasteiger partial charge in [0, 0.05) is 0 Å². The van der Waals surface area contributed by atoms with E-state index in [4.69, 9.17) is 13.1 Å². The van der Waals surface area contributed by atoms with Crippen molar-refractivity contribution >= 4 is 49.2 Å². The van der Waals surface area contributed by atoms with Gasteiger partial charge in [0.25, 0.3) is 0 Å². The maximum absolute atomic E-state index is 12.2. The van der Waals surface area contributed by atoms with E-state index in [0.717, 1.165) is 24.3 Å². The Balaban J connectivity index is 2.25. The number of hydrogen-bond donors (Lipinski definition) is 4. The molecule has 2 aromatic rings. The summed E-state index contributed by atoms with van der Waals surface area (Å²) in [7, 11) is 0. The molecule has 0 aromatic heterocycles. The fraction of sp³-hybridized carbons (Fsp3) is 0. The molecule has 0 radical (unpaired) electrons. The van der Waals surface area contributed by atoms with Gasteiger partial charge in [0.1, 0.15) is 0 Å². The first-order valence-corrected chi connectivity index (χ1v) is 10.9. The van der Waals surface area contributed by atoms with Crippen molar-refractivity contribution in [2.75, 3.05) is 0 Å². The predicted octanol–water partition coefficient (Wildman–Crippen LogP) is -0.538. The molecule has 0 saturated heterocycles. The first kappa shape index (κ1) is 18.9. The molecule has 4 N–H and O–H groups in total. The van der Waals surface area contributed by atoms with Crippen molar-refractivity contribution in [3.8, 4) is 11.5 Å². The molecule has 0 unspecified atom stereocenters. The quantitative estimate of drug-likeness (QED) is 0.399. The summed E-state index contributed by atoms with van der Waals surface area (Å²) in [4.78, 5) is 21.9. The normalized spacial score (nSPS) is 13.1. The first-order valence-electron chi connectivity index (χ1n) is 6.35. The molecule has 0 bridgehead atoms. The van der Waals surface area contributed by atoms with Gasteiger partial charge in [-0.05, 0) is 0 Å². The number of aromatic carboxylic acids is 2. The van der Waals surface area contributed by atoms with Crippen LogP contribution in [0.2, 0.25) is 0 Å². The number of carboxylic acids is 2. The van der Waals surface area contributed by atoms with Gasteiger partial charge < -0.3 is 0 Å². The minimum atomic E-state index is -3.37. The Labute approximate surface area is 148 Å². The summed E-state index contributed by atoms with van der Waals surface area (Å²) in [5, 5.41) is 36.7. The van der Waals surface area contributed by atoms with Gasteiger partial charge in [-0.3, -0.25) is 0 Å². The average molecular weight is 480 g/mol. The van der Waals surface area contributed by atoms with E-state index in [2.05, 4.69) is 0 Å². The van der Waals surface area contributed by atoms with E-state index < -0.39 is 62.9 Å². The number of rotatable bonds is 6. The third kappa shape index (κ3) is 4.36. The van der Waals surface area contributed by atoms with E-state index in [-0.39, 0.29) is 8.92 Å². The van der Waals surface area contributed by atoms with Crippen molar-refractivity contribution in [3.63, 3.8) is 0 Å². The summed E-state index contributed by atoms with van der Waals surface area (Å²) in [6.45, 7) is 0. The molecular weight excluding hydrogens is 470 g/mol. The van der Waals surface area contributed by atoms with E-state index in [1.165, 1.54) is 12.1 Å². The van der Waals surface area contributed by atoms with Crippen molar-refractivity contribution < 1.29 is 40.6 Å². The number of aromatic hydroxyl groups is 2. The molecule has 9 nitrogen and oxygen atoms in total. The Kier molecular flexibility index (Phi) is 5.78. The van der Waals surface area contributed by atoms with Crippen molar-refractivity contribution in [3.05, 3.63) is 47.5 Å². The topological polar surface area (TPSA) is 158 Å². The predicted molar refractivity (Wildman–Crippen MR) is 83.4 cm³/mol. The van der Waals surface area contributed by atoms with Crippen LogP contribution in [-0.4, -0.2) is 60.7 Å². The van der Waals surface area contributed by atoms with E-state index in [0.29, 0.717) is 0 Å². The first-order chi connectivity index (χ1) is 11.7. The molecule has 11 heteroatoms. The molecule has 25 heavy (non-hydrogen) atoms. The number of hydrogen-bond acceptors (Lipinski definition) is 7. The minimum absolute atomic E-state index is 0.0444. The molecule has 2 rings (SSSR count). The van der Waals surface area contributed by atoms with Gasteiger partial charge in [0.05, 0.1) is 0 Å². The molecule has 132 valence electrons. The molecule has 0 spiro atoms. The van der Waals surface area contributed by atoms with Gasteiger partial charge in [0.15, 0.2) is 0 Å². The van der Waals surface area contributed by atoms with Gasteiger partial charge in [-0.1, -0.05) is 0 Å². The van der Waals surface area contributed by atoms with Crippen LogP contribution in [0, 0.1) is 0 Å². The second-order valence-corrected chi connectivity index (χ2v) is 10.2. The van der Waals surface area contributed by atoms with E-state index in [1.54, 1.807) is 0 Å². The molecule has 0 atom stereocenters. The number of carbonyl (C=O) groups is 2. The van der Waals surface area contributed by atoms with Crippen LogP contribution in [0.4, 0.5) is 0 Å². The Morgan fingerprint density at radius 2 is 1.12 bits per heavy atom. The van der Waals surface area contributed by atoms with Crippen molar-refractivity contribution in [1.82, 2.24) is 0 Å². The number of phenols is 2. The van der Waals surface area contributed by atoms with Crippen LogP contribution in [0.5, 0.6) is 11.5 Å². The summed E-state index contributed by atoms with van der Waals surface area (Å²) >= 11 is -6.74. The molecule has 0 aliphatic heterocycles. The van der Waals surface area contributed by atoms with Gasteiger partial charge in [-0.15, -0.1) is 0 Å². The van der Waals surface area contributed by atoms with Crippen LogP contribution in [0.3, 0.4) is 0 Å². The van der Waals surface area contributed by atoms with Crippen LogP contribution in [0.25, 0.3) is 0 Å². The van der Waals surface area contributed by atoms with E-state index in [1.807, 2.05) is 0 Å². The molecule has 0 aliphatic rings. The molecule has 0 saturated carbocycles. The van der Waals surface area contributed by atoms with Crippen LogP contribution in [-0.2, 0) is 10.6 Å². The second kappa shape index (κ2) is 7.64. The van der Waals surface area contributed by atoms with E-state index >= 15 is 0 Å². The van der Waals surface area contributed by atoms with E-state index in [9.17, 15) is 27.5 Å². The zero-order chi connectivity index (χ0) is 18.7. The summed E-state index contributed by atoms with van der Waals surface area (Å²) in [6.07, 6.45) is 0. The molecule has 0 amide bonds. The van der Waals surface area contributed by atoms with Crippen molar-refractivity contribution in [2.24, 2.45) is 0 Å². The Morgan fingerprint density at radius 1 is 0.760 bits per heavy atom. The standard InChI is InChI=1S/C14H10O9Se2/c15-11-3-1-7(5-9(11)13(17)18)24(21)23-25(22)8-2-4-12(16)10(6-8)14(19)20/h1-6,15-16H,(H,17,18)(H,19,20). The zero-order valence-electron chi connectivity index (χ0n) is 12.1. The summed E-state index contributed by atoms with van der Waals surface area (Å²) in [5.74, 6) is -3.90. The monoisotopic (exact) mass is 482 g/mol. The van der Waals surface area contributed by atoms with Crippen LogP contribution >= 0.6 is 0 Å². The SMILES string of the molecule is O=C(O)c1cc([Se](=O)O[Se](=O)c2ccc(O)c(C(=O)O)c2)ccc1O. The van der Waals surface area contributed by atoms with Crippen molar-refractivity contribution in [2.45, 2.75) is 0 Å². The third-order valence-corrected chi connectivity index (χ3v) is 8.80.